The molecular formula is C16H24ClN3. The molecule has 0 spiro atoms. The van der Waals surface area contributed by atoms with Gasteiger partial charge in [-0.1, -0.05) is 17.7 Å². The fourth-order valence-corrected chi connectivity index (χ4v) is 4.13. The average Bonchev–Trinajstić information content (AvgIpc) is 2.47. The molecule has 2 fully saturated rings. The van der Waals surface area contributed by atoms with Crippen molar-refractivity contribution in [1.29, 1.82) is 0 Å². The summed E-state index contributed by atoms with van der Waals surface area (Å²) in [6.45, 7) is 4.05. The predicted molar refractivity (Wildman–Crippen MR) is 85.3 cm³/mol. The molecule has 110 valence electrons. The van der Waals surface area contributed by atoms with Gasteiger partial charge in [-0.3, -0.25) is 0 Å². The van der Waals surface area contributed by atoms with Gasteiger partial charge in [-0.05, 0) is 56.5 Å². The lowest BCUT2D eigenvalue weighted by Gasteiger charge is -2.46. The molecule has 2 N–H and O–H groups in total. The summed E-state index contributed by atoms with van der Waals surface area (Å²) in [4.78, 5) is 5.01. The van der Waals surface area contributed by atoms with Crippen LogP contribution in [0.2, 0.25) is 5.02 Å². The topological polar surface area (TPSA) is 32.5 Å². The van der Waals surface area contributed by atoms with E-state index in [-0.39, 0.29) is 0 Å². The number of rotatable bonds is 2. The lowest BCUT2D eigenvalue weighted by molar-refractivity contribution is 0.102. The van der Waals surface area contributed by atoms with Crippen molar-refractivity contribution < 1.29 is 0 Å². The molecule has 2 aliphatic rings. The molecule has 2 aliphatic heterocycles. The molecule has 2 saturated heterocycles. The number of halogens is 1. The van der Waals surface area contributed by atoms with E-state index in [0.29, 0.717) is 6.54 Å². The number of fused-ring (bicyclic) bond motifs is 1. The molecule has 0 aliphatic carbocycles. The van der Waals surface area contributed by atoms with Crippen LogP contribution in [0.3, 0.4) is 0 Å². The third kappa shape index (κ3) is 2.67. The number of nitrogens with zero attached hydrogens (tertiary/aromatic N) is 2. The Morgan fingerprint density at radius 2 is 2.15 bits per heavy atom. The number of anilines is 1. The second-order valence-corrected chi connectivity index (χ2v) is 6.58. The van der Waals surface area contributed by atoms with Crippen LogP contribution in [0.1, 0.15) is 24.8 Å². The summed E-state index contributed by atoms with van der Waals surface area (Å²) < 4.78 is 0. The summed E-state index contributed by atoms with van der Waals surface area (Å²) in [6, 6.07) is 7.01. The largest absolute Gasteiger partial charge is 0.370 e. The minimum Gasteiger partial charge on any atom is -0.370 e. The zero-order chi connectivity index (χ0) is 14.1. The smallest absolute Gasteiger partial charge is 0.0642 e. The quantitative estimate of drug-likeness (QED) is 0.910. The highest BCUT2D eigenvalue weighted by atomic mass is 35.5. The van der Waals surface area contributed by atoms with E-state index in [1.165, 1.54) is 31.5 Å². The molecule has 2 atom stereocenters. The van der Waals surface area contributed by atoms with Crippen molar-refractivity contribution in [1.82, 2.24) is 4.90 Å². The maximum absolute atomic E-state index is 6.44. The van der Waals surface area contributed by atoms with E-state index in [4.69, 9.17) is 17.3 Å². The van der Waals surface area contributed by atoms with E-state index in [2.05, 4.69) is 29.0 Å². The van der Waals surface area contributed by atoms with Gasteiger partial charge >= 0.3 is 0 Å². The Balaban J connectivity index is 1.76. The fourth-order valence-electron chi connectivity index (χ4n) is 3.81. The minimum atomic E-state index is 0.551. The number of likely N-dealkylation sites (tertiary alicyclic amines) is 1. The van der Waals surface area contributed by atoms with Gasteiger partial charge in [-0.15, -0.1) is 0 Å². The Morgan fingerprint density at radius 3 is 2.90 bits per heavy atom. The number of nitrogens with two attached hydrogens (primary N) is 1. The number of hydrogen-bond donors (Lipinski definition) is 1. The number of hydrogen-bond acceptors (Lipinski definition) is 3. The first-order valence-electron chi connectivity index (χ1n) is 7.62. The number of benzene rings is 1. The van der Waals surface area contributed by atoms with Crippen LogP contribution in [0.5, 0.6) is 0 Å². The SMILES string of the molecule is CN1CCCC2CN(c3ccc(CN)cc3Cl)CCC21. The Kier molecular flexibility index (Phi) is 4.20. The molecule has 3 rings (SSSR count). The molecular weight excluding hydrogens is 270 g/mol. The summed E-state index contributed by atoms with van der Waals surface area (Å²) in [7, 11) is 2.27. The molecule has 0 saturated carbocycles. The zero-order valence-electron chi connectivity index (χ0n) is 12.2. The van der Waals surface area contributed by atoms with E-state index < -0.39 is 0 Å². The summed E-state index contributed by atoms with van der Waals surface area (Å²) in [5, 5.41) is 0.843. The highest BCUT2D eigenvalue weighted by Gasteiger charge is 2.34. The van der Waals surface area contributed by atoms with Gasteiger partial charge < -0.3 is 15.5 Å². The maximum Gasteiger partial charge on any atom is 0.0642 e. The molecule has 1 aromatic rings. The normalized spacial score (nSPS) is 27.4. The van der Waals surface area contributed by atoms with Crippen LogP contribution in [-0.4, -0.2) is 37.6 Å². The van der Waals surface area contributed by atoms with Crippen molar-refractivity contribution in [2.24, 2.45) is 11.7 Å². The Bertz CT molecular complexity index is 477. The Labute approximate surface area is 126 Å². The first kappa shape index (κ1) is 14.2. The van der Waals surface area contributed by atoms with Crippen LogP contribution in [0.4, 0.5) is 5.69 Å². The first-order chi connectivity index (χ1) is 9.69. The molecule has 0 amide bonds. The monoisotopic (exact) mass is 293 g/mol. The molecule has 1 aromatic carbocycles. The van der Waals surface area contributed by atoms with Crippen LogP contribution in [0.15, 0.2) is 18.2 Å². The van der Waals surface area contributed by atoms with Gasteiger partial charge in [0.25, 0.3) is 0 Å². The third-order valence-electron chi connectivity index (χ3n) is 4.93. The van der Waals surface area contributed by atoms with E-state index in [1.807, 2.05) is 6.07 Å². The van der Waals surface area contributed by atoms with Gasteiger partial charge in [0, 0.05) is 25.7 Å². The molecule has 0 aromatic heterocycles. The zero-order valence-corrected chi connectivity index (χ0v) is 12.9. The van der Waals surface area contributed by atoms with Crippen molar-refractivity contribution in [3.8, 4) is 0 Å². The summed E-state index contributed by atoms with van der Waals surface area (Å²) in [5.74, 6) is 0.785. The lowest BCUT2D eigenvalue weighted by Crippen LogP contribution is -2.52. The predicted octanol–water partition coefficient (Wildman–Crippen LogP) is 2.72. The lowest BCUT2D eigenvalue weighted by atomic mass is 9.84. The van der Waals surface area contributed by atoms with Crippen LogP contribution in [0, 0.1) is 5.92 Å². The van der Waals surface area contributed by atoms with Gasteiger partial charge in [0.05, 0.1) is 10.7 Å². The molecule has 2 heterocycles. The van der Waals surface area contributed by atoms with Crippen molar-refractivity contribution in [3.05, 3.63) is 28.8 Å². The summed E-state index contributed by atoms with van der Waals surface area (Å²) in [5.41, 5.74) is 7.95. The van der Waals surface area contributed by atoms with Crippen molar-refractivity contribution in [2.45, 2.75) is 31.8 Å². The molecule has 0 radical (unpaired) electrons. The van der Waals surface area contributed by atoms with Gasteiger partial charge in [0.15, 0.2) is 0 Å². The van der Waals surface area contributed by atoms with Crippen molar-refractivity contribution >= 4 is 17.3 Å². The molecule has 2 unspecified atom stereocenters. The maximum atomic E-state index is 6.44. The standard InChI is InChI=1S/C16H24ClN3/c1-19-7-2-3-13-11-20(8-6-15(13)19)16-5-4-12(10-18)9-14(16)17/h4-5,9,13,15H,2-3,6-8,10-11,18H2,1H3. The first-order valence-corrected chi connectivity index (χ1v) is 8.00. The van der Waals surface area contributed by atoms with Gasteiger partial charge in [0.1, 0.15) is 0 Å². The van der Waals surface area contributed by atoms with Crippen molar-refractivity contribution in [2.75, 3.05) is 31.6 Å². The molecule has 20 heavy (non-hydrogen) atoms. The van der Waals surface area contributed by atoms with E-state index in [0.717, 1.165) is 35.6 Å². The minimum absolute atomic E-state index is 0.551. The van der Waals surface area contributed by atoms with Crippen LogP contribution >= 0.6 is 11.6 Å². The Morgan fingerprint density at radius 1 is 1.30 bits per heavy atom. The van der Waals surface area contributed by atoms with Gasteiger partial charge in [0.2, 0.25) is 0 Å². The molecule has 0 bridgehead atoms. The summed E-state index contributed by atoms with van der Waals surface area (Å²) in [6.07, 6.45) is 3.92. The fraction of sp³-hybridized carbons (Fsp3) is 0.625. The van der Waals surface area contributed by atoms with Gasteiger partial charge in [-0.25, -0.2) is 0 Å². The van der Waals surface area contributed by atoms with E-state index in [1.54, 1.807) is 0 Å². The number of piperidine rings is 2. The van der Waals surface area contributed by atoms with Crippen LogP contribution in [-0.2, 0) is 6.54 Å². The van der Waals surface area contributed by atoms with Crippen LogP contribution in [0.25, 0.3) is 0 Å². The molecule has 4 heteroatoms. The third-order valence-corrected chi connectivity index (χ3v) is 5.24. The van der Waals surface area contributed by atoms with E-state index >= 15 is 0 Å². The Hall–Kier alpha value is -0.770. The second kappa shape index (κ2) is 5.92. The highest BCUT2D eigenvalue weighted by Crippen LogP contribution is 2.35. The average molecular weight is 294 g/mol. The molecule has 3 nitrogen and oxygen atoms in total. The van der Waals surface area contributed by atoms with Crippen LogP contribution < -0.4 is 10.6 Å². The van der Waals surface area contributed by atoms with E-state index in [9.17, 15) is 0 Å². The van der Waals surface area contributed by atoms with Gasteiger partial charge in [-0.2, -0.15) is 0 Å². The second-order valence-electron chi connectivity index (χ2n) is 6.17. The summed E-state index contributed by atoms with van der Waals surface area (Å²) >= 11 is 6.44. The highest BCUT2D eigenvalue weighted by molar-refractivity contribution is 6.33. The van der Waals surface area contributed by atoms with Crippen molar-refractivity contribution in [3.63, 3.8) is 0 Å².